The SMILES string of the molecule is NCC1CCN(S(=O)(=O)/C=C/c2ccccc2)CC1Cc1ccccc1F. The Morgan fingerprint density at radius 1 is 1.07 bits per heavy atom. The van der Waals surface area contributed by atoms with Crippen molar-refractivity contribution in [3.05, 3.63) is 76.9 Å². The van der Waals surface area contributed by atoms with Crippen LogP contribution < -0.4 is 5.73 Å². The molecule has 2 atom stereocenters. The number of nitrogens with two attached hydrogens (primary N) is 1. The highest BCUT2D eigenvalue weighted by molar-refractivity contribution is 7.92. The molecule has 0 bridgehead atoms. The number of hydrogen-bond acceptors (Lipinski definition) is 3. The number of nitrogens with zero attached hydrogens (tertiary/aromatic N) is 1. The molecule has 4 nitrogen and oxygen atoms in total. The van der Waals surface area contributed by atoms with Crippen molar-refractivity contribution in [2.45, 2.75) is 12.8 Å². The van der Waals surface area contributed by atoms with Crippen molar-refractivity contribution in [1.29, 1.82) is 0 Å². The number of piperidine rings is 1. The standard InChI is InChI=1S/C21H25FN2O2S/c22-21-9-5-4-8-18(21)14-20-16-24(12-10-19(20)15-23)27(25,26)13-11-17-6-2-1-3-7-17/h1-9,11,13,19-20H,10,12,14-16,23H2/b13-11+. The molecule has 1 saturated heterocycles. The van der Waals surface area contributed by atoms with Crippen LogP contribution in [-0.4, -0.2) is 32.4 Å². The van der Waals surface area contributed by atoms with Crippen LogP contribution in [0.4, 0.5) is 4.39 Å². The number of halogens is 1. The average Bonchev–Trinajstić information content (AvgIpc) is 2.69. The first kappa shape index (κ1) is 19.7. The summed E-state index contributed by atoms with van der Waals surface area (Å²) in [4.78, 5) is 0. The Labute approximate surface area is 160 Å². The zero-order valence-electron chi connectivity index (χ0n) is 15.2. The molecule has 1 heterocycles. The molecule has 0 saturated carbocycles. The summed E-state index contributed by atoms with van der Waals surface area (Å²) in [5, 5.41) is 1.26. The van der Waals surface area contributed by atoms with Gasteiger partial charge in [-0.25, -0.2) is 12.8 Å². The summed E-state index contributed by atoms with van der Waals surface area (Å²) in [6, 6.07) is 16.0. The first-order valence-corrected chi connectivity index (χ1v) is 10.7. The van der Waals surface area contributed by atoms with Gasteiger partial charge in [0.15, 0.2) is 0 Å². The van der Waals surface area contributed by atoms with Crippen LogP contribution in [0.3, 0.4) is 0 Å². The molecule has 0 amide bonds. The summed E-state index contributed by atoms with van der Waals surface area (Å²) in [7, 11) is -3.53. The minimum atomic E-state index is -3.53. The van der Waals surface area contributed by atoms with Gasteiger partial charge in [-0.3, -0.25) is 0 Å². The summed E-state index contributed by atoms with van der Waals surface area (Å²) in [5.74, 6) is -0.0630. The van der Waals surface area contributed by atoms with Crippen molar-refractivity contribution in [2.75, 3.05) is 19.6 Å². The molecular formula is C21H25FN2O2S. The van der Waals surface area contributed by atoms with Crippen LogP contribution in [0.25, 0.3) is 6.08 Å². The van der Waals surface area contributed by atoms with E-state index in [4.69, 9.17) is 5.73 Å². The number of rotatable bonds is 6. The van der Waals surface area contributed by atoms with Gasteiger partial charge in [-0.2, -0.15) is 4.31 Å². The molecular weight excluding hydrogens is 363 g/mol. The first-order valence-electron chi connectivity index (χ1n) is 9.16. The van der Waals surface area contributed by atoms with E-state index in [1.54, 1.807) is 24.3 Å². The lowest BCUT2D eigenvalue weighted by atomic mass is 9.82. The van der Waals surface area contributed by atoms with Crippen molar-refractivity contribution in [2.24, 2.45) is 17.6 Å². The van der Waals surface area contributed by atoms with E-state index in [1.807, 2.05) is 30.3 Å². The molecule has 144 valence electrons. The molecule has 2 N–H and O–H groups in total. The first-order chi connectivity index (χ1) is 13.0. The van der Waals surface area contributed by atoms with E-state index < -0.39 is 10.0 Å². The summed E-state index contributed by atoms with van der Waals surface area (Å²) in [6.07, 6.45) is 2.78. The minimum Gasteiger partial charge on any atom is -0.330 e. The van der Waals surface area contributed by atoms with E-state index in [2.05, 4.69) is 0 Å². The van der Waals surface area contributed by atoms with E-state index in [0.29, 0.717) is 38.0 Å². The third-order valence-corrected chi connectivity index (χ3v) is 6.72. The fourth-order valence-corrected chi connectivity index (χ4v) is 4.84. The van der Waals surface area contributed by atoms with Crippen LogP contribution in [0.1, 0.15) is 17.5 Å². The summed E-state index contributed by atoms with van der Waals surface area (Å²) in [5.41, 5.74) is 7.34. The van der Waals surface area contributed by atoms with E-state index in [1.165, 1.54) is 15.8 Å². The predicted molar refractivity (Wildman–Crippen MR) is 107 cm³/mol. The quantitative estimate of drug-likeness (QED) is 0.826. The van der Waals surface area contributed by atoms with Gasteiger partial charge in [0.25, 0.3) is 0 Å². The highest BCUT2D eigenvalue weighted by atomic mass is 32.2. The molecule has 0 aliphatic carbocycles. The third kappa shape index (κ3) is 5.03. The average molecular weight is 389 g/mol. The molecule has 1 aliphatic rings. The molecule has 1 aliphatic heterocycles. The van der Waals surface area contributed by atoms with E-state index >= 15 is 0 Å². The topological polar surface area (TPSA) is 63.4 Å². The zero-order chi connectivity index (χ0) is 19.3. The van der Waals surface area contributed by atoms with Crippen LogP contribution in [0.5, 0.6) is 0 Å². The van der Waals surface area contributed by atoms with Gasteiger partial charge in [0.2, 0.25) is 10.0 Å². The fraction of sp³-hybridized carbons (Fsp3) is 0.333. The molecule has 0 aromatic heterocycles. The van der Waals surface area contributed by atoms with Crippen LogP contribution in [0.2, 0.25) is 0 Å². The van der Waals surface area contributed by atoms with Crippen LogP contribution in [0.15, 0.2) is 60.0 Å². The lowest BCUT2D eigenvalue weighted by molar-refractivity contribution is 0.188. The predicted octanol–water partition coefficient (Wildman–Crippen LogP) is 3.27. The Bertz CT molecular complexity index is 884. The van der Waals surface area contributed by atoms with Crippen LogP contribution >= 0.6 is 0 Å². The zero-order valence-corrected chi connectivity index (χ0v) is 16.0. The number of hydrogen-bond donors (Lipinski definition) is 1. The molecule has 0 radical (unpaired) electrons. The van der Waals surface area contributed by atoms with Gasteiger partial charge in [-0.05, 0) is 54.5 Å². The van der Waals surface area contributed by atoms with Crippen LogP contribution in [0, 0.1) is 17.7 Å². The lowest BCUT2D eigenvalue weighted by Crippen LogP contribution is -2.45. The van der Waals surface area contributed by atoms with Crippen molar-refractivity contribution in [3.8, 4) is 0 Å². The number of sulfonamides is 1. The van der Waals surface area contributed by atoms with Crippen LogP contribution in [-0.2, 0) is 16.4 Å². The molecule has 2 aromatic carbocycles. The van der Waals surface area contributed by atoms with Crippen molar-refractivity contribution in [3.63, 3.8) is 0 Å². The molecule has 6 heteroatoms. The molecule has 2 unspecified atom stereocenters. The lowest BCUT2D eigenvalue weighted by Gasteiger charge is -2.37. The summed E-state index contributed by atoms with van der Waals surface area (Å²) < 4.78 is 41.0. The second kappa shape index (κ2) is 8.78. The Morgan fingerprint density at radius 3 is 2.48 bits per heavy atom. The minimum absolute atomic E-state index is 0.000510. The largest absolute Gasteiger partial charge is 0.330 e. The number of benzene rings is 2. The summed E-state index contributed by atoms with van der Waals surface area (Å²) >= 11 is 0. The monoisotopic (exact) mass is 388 g/mol. The van der Waals surface area contributed by atoms with Gasteiger partial charge < -0.3 is 5.73 Å². The van der Waals surface area contributed by atoms with Gasteiger partial charge in [0.05, 0.1) is 0 Å². The second-order valence-corrected chi connectivity index (χ2v) is 8.77. The molecule has 2 aromatic rings. The van der Waals surface area contributed by atoms with Gasteiger partial charge in [-0.1, -0.05) is 48.5 Å². The molecule has 0 spiro atoms. The molecule has 1 fully saturated rings. The second-order valence-electron chi connectivity index (χ2n) is 6.96. The maximum Gasteiger partial charge on any atom is 0.236 e. The Morgan fingerprint density at radius 2 is 1.78 bits per heavy atom. The highest BCUT2D eigenvalue weighted by Gasteiger charge is 2.33. The van der Waals surface area contributed by atoms with Crippen molar-refractivity contribution >= 4 is 16.1 Å². The Kier molecular flexibility index (Phi) is 6.42. The maximum atomic E-state index is 14.0. The van der Waals surface area contributed by atoms with Gasteiger partial charge in [-0.15, -0.1) is 0 Å². The van der Waals surface area contributed by atoms with E-state index in [0.717, 1.165) is 5.56 Å². The molecule has 3 rings (SSSR count). The van der Waals surface area contributed by atoms with Crippen molar-refractivity contribution in [1.82, 2.24) is 4.31 Å². The van der Waals surface area contributed by atoms with E-state index in [-0.39, 0.29) is 17.7 Å². The van der Waals surface area contributed by atoms with Gasteiger partial charge in [0, 0.05) is 18.5 Å². The normalized spacial score (nSPS) is 21.6. The van der Waals surface area contributed by atoms with Crippen molar-refractivity contribution < 1.29 is 12.8 Å². The maximum absolute atomic E-state index is 14.0. The third-order valence-electron chi connectivity index (χ3n) is 5.19. The fourth-order valence-electron chi connectivity index (χ4n) is 3.58. The smallest absolute Gasteiger partial charge is 0.236 e. The van der Waals surface area contributed by atoms with Gasteiger partial charge in [0.1, 0.15) is 5.82 Å². The van der Waals surface area contributed by atoms with Gasteiger partial charge >= 0.3 is 0 Å². The molecule has 27 heavy (non-hydrogen) atoms. The highest BCUT2D eigenvalue weighted by Crippen LogP contribution is 2.29. The summed E-state index contributed by atoms with van der Waals surface area (Å²) in [6.45, 7) is 1.28. The Hall–Kier alpha value is -2.02. The van der Waals surface area contributed by atoms with E-state index in [9.17, 15) is 12.8 Å². The Balaban J connectivity index is 1.75.